The molecule has 0 radical (unpaired) electrons. The highest BCUT2D eigenvalue weighted by Gasteiger charge is 2.31. The maximum atomic E-state index is 12.7. The number of hydrogen-bond acceptors (Lipinski definition) is 5. The molecule has 1 amide bonds. The summed E-state index contributed by atoms with van der Waals surface area (Å²) in [6.45, 7) is 5.63. The second-order valence-electron chi connectivity index (χ2n) is 7.57. The third-order valence-electron chi connectivity index (χ3n) is 5.53. The van der Waals surface area contributed by atoms with Crippen molar-refractivity contribution in [2.24, 2.45) is 5.92 Å². The molecule has 8 heteroatoms. The largest absolute Gasteiger partial charge is 0.455 e. The first-order valence-electron chi connectivity index (χ1n) is 9.90. The average molecular weight is 399 g/mol. The van der Waals surface area contributed by atoms with E-state index in [2.05, 4.69) is 12.2 Å². The summed E-state index contributed by atoms with van der Waals surface area (Å²) in [6, 6.07) is 1.34. The number of amides is 1. The fourth-order valence-electron chi connectivity index (χ4n) is 3.89. The van der Waals surface area contributed by atoms with Crippen molar-refractivity contribution in [2.45, 2.75) is 63.4 Å². The van der Waals surface area contributed by atoms with Crippen LogP contribution in [-0.4, -0.2) is 51.0 Å². The van der Waals surface area contributed by atoms with Gasteiger partial charge in [-0.3, -0.25) is 4.79 Å². The molecule has 1 N–H and O–H groups in total. The van der Waals surface area contributed by atoms with Crippen LogP contribution in [0, 0.1) is 12.8 Å². The summed E-state index contributed by atoms with van der Waals surface area (Å²) in [5.41, 5.74) is 0. The molecule has 7 nitrogen and oxygen atoms in total. The standard InChI is InChI=1S/C19H30N2O5S/c1-14-7-3-4-8-16(14)25-12-9-20-19(22)17-13-18(15(2)26-17)27(23,24)21-10-5-6-11-21/h13-14,16H,3-12H2,1-2H3,(H,20,22)/t14-,16+/m1/s1. The van der Waals surface area contributed by atoms with Crippen LogP contribution < -0.4 is 5.32 Å². The van der Waals surface area contributed by atoms with E-state index < -0.39 is 15.9 Å². The molecular formula is C19H30N2O5S. The summed E-state index contributed by atoms with van der Waals surface area (Å²) >= 11 is 0. The van der Waals surface area contributed by atoms with Crippen LogP contribution in [0.25, 0.3) is 0 Å². The Kier molecular flexibility index (Phi) is 6.60. The van der Waals surface area contributed by atoms with Crippen molar-refractivity contribution in [3.8, 4) is 0 Å². The molecule has 1 aliphatic carbocycles. The number of sulfonamides is 1. The molecular weight excluding hydrogens is 368 g/mol. The third-order valence-corrected chi connectivity index (χ3v) is 7.54. The number of rotatable bonds is 7. The summed E-state index contributed by atoms with van der Waals surface area (Å²) in [5, 5.41) is 2.75. The Bertz CT molecular complexity index is 752. The first-order valence-corrected chi connectivity index (χ1v) is 11.3. The molecule has 1 saturated heterocycles. The van der Waals surface area contributed by atoms with E-state index in [1.165, 1.54) is 29.6 Å². The quantitative estimate of drug-likeness (QED) is 0.714. The van der Waals surface area contributed by atoms with Crippen molar-refractivity contribution in [3.05, 3.63) is 17.6 Å². The zero-order chi connectivity index (χ0) is 19.4. The van der Waals surface area contributed by atoms with E-state index >= 15 is 0 Å². The highest BCUT2D eigenvalue weighted by molar-refractivity contribution is 7.89. The van der Waals surface area contributed by atoms with Crippen LogP contribution in [0.5, 0.6) is 0 Å². The first-order chi connectivity index (χ1) is 12.9. The minimum Gasteiger partial charge on any atom is -0.455 e. The lowest BCUT2D eigenvalue weighted by atomic mass is 9.88. The third kappa shape index (κ3) is 4.73. The molecule has 2 fully saturated rings. The van der Waals surface area contributed by atoms with Crippen molar-refractivity contribution in [3.63, 3.8) is 0 Å². The van der Waals surface area contributed by atoms with Gasteiger partial charge in [-0.1, -0.05) is 19.8 Å². The van der Waals surface area contributed by atoms with Gasteiger partial charge in [0.05, 0.1) is 12.7 Å². The highest BCUT2D eigenvalue weighted by Crippen LogP contribution is 2.27. The van der Waals surface area contributed by atoms with Gasteiger partial charge in [-0.05, 0) is 38.5 Å². The predicted octanol–water partition coefficient (Wildman–Crippen LogP) is 2.70. The van der Waals surface area contributed by atoms with E-state index in [1.807, 2.05) is 0 Å². The van der Waals surface area contributed by atoms with Crippen molar-refractivity contribution >= 4 is 15.9 Å². The van der Waals surface area contributed by atoms with Gasteiger partial charge in [0.15, 0.2) is 5.76 Å². The van der Waals surface area contributed by atoms with E-state index in [0.29, 0.717) is 32.2 Å². The summed E-state index contributed by atoms with van der Waals surface area (Å²) < 4.78 is 38.1. The second-order valence-corrected chi connectivity index (χ2v) is 9.48. The lowest BCUT2D eigenvalue weighted by molar-refractivity contribution is -0.00300. The van der Waals surface area contributed by atoms with Gasteiger partial charge in [-0.25, -0.2) is 8.42 Å². The molecule has 152 valence electrons. The zero-order valence-electron chi connectivity index (χ0n) is 16.2. The van der Waals surface area contributed by atoms with Gasteiger partial charge in [0.25, 0.3) is 5.91 Å². The van der Waals surface area contributed by atoms with Crippen LogP contribution in [0.15, 0.2) is 15.4 Å². The SMILES string of the molecule is Cc1oc(C(=O)NCCO[C@H]2CCCC[C@H]2C)cc1S(=O)(=O)N1CCCC1. The van der Waals surface area contributed by atoms with E-state index in [0.717, 1.165) is 19.3 Å². The Morgan fingerprint density at radius 1 is 1.26 bits per heavy atom. The van der Waals surface area contributed by atoms with Crippen LogP contribution >= 0.6 is 0 Å². The highest BCUT2D eigenvalue weighted by atomic mass is 32.2. The Morgan fingerprint density at radius 3 is 2.67 bits per heavy atom. The summed E-state index contributed by atoms with van der Waals surface area (Å²) in [6.07, 6.45) is 6.71. The van der Waals surface area contributed by atoms with Gasteiger partial charge in [-0.15, -0.1) is 0 Å². The van der Waals surface area contributed by atoms with Gasteiger partial charge in [-0.2, -0.15) is 4.31 Å². The fraction of sp³-hybridized carbons (Fsp3) is 0.737. The van der Waals surface area contributed by atoms with Crippen LogP contribution in [0.1, 0.15) is 61.8 Å². The lowest BCUT2D eigenvalue weighted by Gasteiger charge is -2.28. The molecule has 2 atom stereocenters. The summed E-state index contributed by atoms with van der Waals surface area (Å²) in [5.74, 6) is 0.414. The van der Waals surface area contributed by atoms with Crippen molar-refractivity contribution in [1.82, 2.24) is 9.62 Å². The first kappa shape index (κ1) is 20.4. The maximum absolute atomic E-state index is 12.7. The molecule has 2 heterocycles. The van der Waals surface area contributed by atoms with Gasteiger partial charge >= 0.3 is 0 Å². The number of ether oxygens (including phenoxy) is 1. The number of hydrogen-bond donors (Lipinski definition) is 1. The van der Waals surface area contributed by atoms with Gasteiger partial charge in [0.1, 0.15) is 10.7 Å². The molecule has 2 aliphatic rings. The second kappa shape index (κ2) is 8.75. The molecule has 0 unspecified atom stereocenters. The number of nitrogens with zero attached hydrogens (tertiary/aromatic N) is 1. The average Bonchev–Trinajstić information content (AvgIpc) is 3.30. The maximum Gasteiger partial charge on any atom is 0.287 e. The number of furan rings is 1. The number of nitrogens with one attached hydrogen (secondary N) is 1. The topological polar surface area (TPSA) is 88.8 Å². The lowest BCUT2D eigenvalue weighted by Crippen LogP contribution is -2.31. The van der Waals surface area contributed by atoms with E-state index in [-0.39, 0.29) is 22.5 Å². The molecule has 1 aromatic heterocycles. The minimum atomic E-state index is -3.59. The predicted molar refractivity (Wildman–Crippen MR) is 101 cm³/mol. The minimum absolute atomic E-state index is 0.0244. The van der Waals surface area contributed by atoms with Crippen molar-refractivity contribution in [2.75, 3.05) is 26.2 Å². The number of aryl methyl sites for hydroxylation is 1. The molecule has 0 aromatic carbocycles. The van der Waals surface area contributed by atoms with Gasteiger partial charge < -0.3 is 14.5 Å². The molecule has 0 spiro atoms. The number of carbonyl (C=O) groups excluding carboxylic acids is 1. The smallest absolute Gasteiger partial charge is 0.287 e. The Balaban J connectivity index is 1.53. The van der Waals surface area contributed by atoms with Crippen LogP contribution in [0.3, 0.4) is 0 Å². The molecule has 1 aliphatic heterocycles. The summed E-state index contributed by atoms with van der Waals surface area (Å²) in [4.78, 5) is 12.4. The normalized spacial score (nSPS) is 24.2. The molecule has 1 saturated carbocycles. The van der Waals surface area contributed by atoms with Gasteiger partial charge in [0.2, 0.25) is 10.0 Å². The van der Waals surface area contributed by atoms with Crippen molar-refractivity contribution in [1.29, 1.82) is 0 Å². The van der Waals surface area contributed by atoms with Crippen LogP contribution in [0.2, 0.25) is 0 Å². The Hall–Kier alpha value is -1.38. The monoisotopic (exact) mass is 398 g/mol. The van der Waals surface area contributed by atoms with E-state index in [9.17, 15) is 13.2 Å². The molecule has 3 rings (SSSR count). The van der Waals surface area contributed by atoms with Crippen LogP contribution in [-0.2, 0) is 14.8 Å². The fourth-order valence-corrected chi connectivity index (χ4v) is 5.57. The van der Waals surface area contributed by atoms with Crippen molar-refractivity contribution < 1.29 is 22.4 Å². The Labute approximate surface area is 161 Å². The Morgan fingerprint density at radius 2 is 1.96 bits per heavy atom. The summed E-state index contributed by atoms with van der Waals surface area (Å²) in [7, 11) is -3.59. The zero-order valence-corrected chi connectivity index (χ0v) is 17.0. The molecule has 0 bridgehead atoms. The van der Waals surface area contributed by atoms with Crippen LogP contribution in [0.4, 0.5) is 0 Å². The van der Waals surface area contributed by atoms with E-state index in [4.69, 9.17) is 9.15 Å². The molecule has 27 heavy (non-hydrogen) atoms. The van der Waals surface area contributed by atoms with Gasteiger partial charge in [0, 0.05) is 25.7 Å². The van der Waals surface area contributed by atoms with E-state index in [1.54, 1.807) is 6.92 Å². The molecule has 1 aromatic rings. The number of carbonyl (C=O) groups is 1.